The monoisotopic (exact) mass is 443 g/mol. The molecule has 1 aliphatic rings. The van der Waals surface area contributed by atoms with Crippen molar-refractivity contribution < 1.29 is 17.4 Å². The molecule has 1 fully saturated rings. The Morgan fingerprint density at radius 1 is 1.15 bits per heavy atom. The van der Waals surface area contributed by atoms with Crippen LogP contribution in [0, 0.1) is 0 Å². The van der Waals surface area contributed by atoms with E-state index >= 15 is 0 Å². The maximum atomic E-state index is 12.4. The first-order valence-electron chi connectivity index (χ1n) is 7.37. The van der Waals surface area contributed by atoms with Crippen LogP contribution in [0.5, 0.6) is 5.75 Å². The largest absolute Gasteiger partial charge is 0.379 e. The van der Waals surface area contributed by atoms with Gasteiger partial charge < -0.3 is 9.50 Å². The highest BCUT2D eigenvalue weighted by Crippen LogP contribution is 2.27. The van der Waals surface area contributed by atoms with Crippen molar-refractivity contribution >= 4 is 62.4 Å². The van der Waals surface area contributed by atoms with E-state index in [1.807, 2.05) is 0 Å². The van der Waals surface area contributed by atoms with Gasteiger partial charge in [0.1, 0.15) is 10.6 Å². The summed E-state index contributed by atoms with van der Waals surface area (Å²) in [6.45, 7) is 0. The van der Waals surface area contributed by atoms with E-state index in [0.717, 1.165) is 0 Å². The number of hydrogen-bond donors (Lipinski definition) is 1. The Balaban J connectivity index is 1.70. The van der Waals surface area contributed by atoms with Crippen molar-refractivity contribution in [3.63, 3.8) is 0 Å². The second kappa shape index (κ2) is 8.30. The number of benzene rings is 2. The van der Waals surface area contributed by atoms with Gasteiger partial charge in [0.25, 0.3) is 0 Å². The summed E-state index contributed by atoms with van der Waals surface area (Å²) in [6.07, 6.45) is 1.46. The van der Waals surface area contributed by atoms with Crippen molar-refractivity contribution in [1.82, 2.24) is 5.32 Å². The molecule has 0 aromatic heterocycles. The predicted molar refractivity (Wildman–Crippen MR) is 106 cm³/mol. The van der Waals surface area contributed by atoms with Crippen LogP contribution in [0.3, 0.4) is 0 Å². The van der Waals surface area contributed by atoms with Crippen LogP contribution in [-0.2, 0) is 14.9 Å². The van der Waals surface area contributed by atoms with E-state index in [-0.39, 0.29) is 26.6 Å². The number of amides is 1. The molecule has 0 radical (unpaired) electrons. The molecule has 1 amide bonds. The standard InChI is InChI=1S/C16H11Cl2N3O4S2/c17-11-3-6-13(18)14(7-11)27(23,24)25-12-4-1-10(2-5-12)8-19-21-16-20-15(22)9-26-16/h1-8H,9H2,(H,20,21,22). The zero-order valence-electron chi connectivity index (χ0n) is 13.4. The highest BCUT2D eigenvalue weighted by Gasteiger charge is 2.21. The van der Waals surface area contributed by atoms with Gasteiger partial charge in [0.15, 0.2) is 5.17 Å². The number of rotatable bonds is 5. The average molecular weight is 444 g/mol. The van der Waals surface area contributed by atoms with Gasteiger partial charge >= 0.3 is 10.1 Å². The minimum atomic E-state index is -4.13. The topological polar surface area (TPSA) is 97.2 Å². The number of amidine groups is 1. The molecule has 27 heavy (non-hydrogen) atoms. The fourth-order valence-corrected chi connectivity index (χ4v) is 4.28. The van der Waals surface area contributed by atoms with Crippen LogP contribution in [0.15, 0.2) is 57.6 Å². The summed E-state index contributed by atoms with van der Waals surface area (Å²) < 4.78 is 29.8. The van der Waals surface area contributed by atoms with Crippen LogP contribution in [0.4, 0.5) is 0 Å². The smallest absolute Gasteiger partial charge is 0.340 e. The van der Waals surface area contributed by atoms with Crippen molar-refractivity contribution in [2.75, 3.05) is 5.75 Å². The van der Waals surface area contributed by atoms with Crippen LogP contribution >= 0.6 is 35.0 Å². The Hall–Kier alpha value is -2.07. The van der Waals surface area contributed by atoms with E-state index < -0.39 is 10.1 Å². The summed E-state index contributed by atoms with van der Waals surface area (Å²) in [4.78, 5) is 10.8. The van der Waals surface area contributed by atoms with Gasteiger partial charge in [-0.05, 0) is 48.0 Å². The van der Waals surface area contributed by atoms with E-state index in [1.165, 1.54) is 48.3 Å². The van der Waals surface area contributed by atoms with Crippen LogP contribution in [0.25, 0.3) is 0 Å². The van der Waals surface area contributed by atoms with Crippen molar-refractivity contribution in [3.8, 4) is 5.75 Å². The van der Waals surface area contributed by atoms with Gasteiger partial charge in [-0.2, -0.15) is 13.5 Å². The molecular formula is C16H11Cl2N3O4S2. The Bertz CT molecular complexity index is 1040. The zero-order chi connectivity index (χ0) is 19.4. The second-order valence-corrected chi connectivity index (χ2v) is 8.49. The maximum absolute atomic E-state index is 12.4. The molecule has 0 spiro atoms. The third kappa shape index (κ3) is 5.23. The quantitative estimate of drug-likeness (QED) is 0.434. The molecule has 0 bridgehead atoms. The number of hydrogen-bond acceptors (Lipinski definition) is 7. The molecule has 0 saturated carbocycles. The molecule has 1 heterocycles. The number of carbonyl (C=O) groups excluding carboxylic acids is 1. The van der Waals surface area contributed by atoms with Gasteiger partial charge in [0.05, 0.1) is 17.0 Å². The van der Waals surface area contributed by atoms with Crippen LogP contribution in [0.2, 0.25) is 10.0 Å². The lowest BCUT2D eigenvalue weighted by atomic mass is 10.2. The van der Waals surface area contributed by atoms with Gasteiger partial charge in [-0.3, -0.25) is 4.79 Å². The van der Waals surface area contributed by atoms with Gasteiger partial charge in [-0.15, -0.1) is 5.10 Å². The van der Waals surface area contributed by atoms with Crippen molar-refractivity contribution in [2.45, 2.75) is 4.90 Å². The van der Waals surface area contributed by atoms with E-state index in [4.69, 9.17) is 27.4 Å². The molecule has 0 aliphatic carbocycles. The Kier molecular flexibility index (Phi) is 6.05. The molecular weight excluding hydrogens is 433 g/mol. The van der Waals surface area contributed by atoms with E-state index in [0.29, 0.717) is 16.5 Å². The molecule has 3 rings (SSSR count). The Morgan fingerprint density at radius 2 is 1.89 bits per heavy atom. The van der Waals surface area contributed by atoms with Crippen molar-refractivity contribution in [2.24, 2.45) is 10.2 Å². The first-order valence-corrected chi connectivity index (χ1v) is 10.5. The van der Waals surface area contributed by atoms with E-state index in [2.05, 4.69) is 15.5 Å². The minimum absolute atomic E-state index is 0.0131. The second-order valence-electron chi connectivity index (χ2n) is 5.17. The summed E-state index contributed by atoms with van der Waals surface area (Å²) in [5.41, 5.74) is 0.666. The number of halogens is 2. The molecule has 7 nitrogen and oxygen atoms in total. The van der Waals surface area contributed by atoms with E-state index in [1.54, 1.807) is 12.1 Å². The van der Waals surface area contributed by atoms with Crippen LogP contribution in [0.1, 0.15) is 5.56 Å². The van der Waals surface area contributed by atoms with Crippen LogP contribution in [-0.4, -0.2) is 31.5 Å². The molecule has 1 N–H and O–H groups in total. The van der Waals surface area contributed by atoms with Gasteiger partial charge in [0, 0.05) is 5.02 Å². The third-order valence-corrected chi connectivity index (χ3v) is 6.02. The molecule has 1 aliphatic heterocycles. The van der Waals surface area contributed by atoms with Crippen molar-refractivity contribution in [3.05, 3.63) is 58.1 Å². The summed E-state index contributed by atoms with van der Waals surface area (Å²) >= 11 is 13.0. The number of carbonyl (C=O) groups is 1. The van der Waals surface area contributed by atoms with Gasteiger partial charge in [0.2, 0.25) is 5.91 Å². The van der Waals surface area contributed by atoms with Gasteiger partial charge in [-0.25, -0.2) is 0 Å². The summed E-state index contributed by atoms with van der Waals surface area (Å²) in [7, 11) is -4.13. The lowest BCUT2D eigenvalue weighted by Crippen LogP contribution is -2.19. The molecule has 2 aromatic rings. The Labute approximate surface area is 169 Å². The van der Waals surface area contributed by atoms with E-state index in [9.17, 15) is 13.2 Å². The number of thioether (sulfide) groups is 1. The van der Waals surface area contributed by atoms with Crippen molar-refractivity contribution in [1.29, 1.82) is 0 Å². The summed E-state index contributed by atoms with van der Waals surface area (Å²) in [5.74, 6) is 0.315. The first-order chi connectivity index (χ1) is 12.8. The molecule has 1 saturated heterocycles. The summed E-state index contributed by atoms with van der Waals surface area (Å²) in [5, 5.41) is 11.0. The fraction of sp³-hybridized carbons (Fsp3) is 0.0625. The van der Waals surface area contributed by atoms with Crippen LogP contribution < -0.4 is 9.50 Å². The zero-order valence-corrected chi connectivity index (χ0v) is 16.6. The SMILES string of the molecule is O=C1CSC(=NN=Cc2ccc(OS(=O)(=O)c3cc(Cl)ccc3Cl)cc2)N1. The highest BCUT2D eigenvalue weighted by atomic mass is 35.5. The minimum Gasteiger partial charge on any atom is -0.379 e. The Morgan fingerprint density at radius 3 is 2.56 bits per heavy atom. The first kappa shape index (κ1) is 19.7. The molecule has 2 aromatic carbocycles. The molecule has 0 unspecified atom stereocenters. The third-order valence-electron chi connectivity index (χ3n) is 3.19. The maximum Gasteiger partial charge on any atom is 0.340 e. The predicted octanol–water partition coefficient (Wildman–Crippen LogP) is 3.31. The fourth-order valence-electron chi connectivity index (χ4n) is 1.98. The number of nitrogens with one attached hydrogen (secondary N) is 1. The lowest BCUT2D eigenvalue weighted by Gasteiger charge is -2.09. The van der Waals surface area contributed by atoms with Gasteiger partial charge in [-0.1, -0.05) is 35.0 Å². The molecule has 0 atom stereocenters. The lowest BCUT2D eigenvalue weighted by molar-refractivity contribution is -0.116. The number of nitrogens with zero attached hydrogens (tertiary/aromatic N) is 2. The normalized spacial score (nSPS) is 16.1. The molecule has 140 valence electrons. The highest BCUT2D eigenvalue weighted by molar-refractivity contribution is 8.15. The average Bonchev–Trinajstić information content (AvgIpc) is 3.03. The molecule has 11 heteroatoms. The summed E-state index contributed by atoms with van der Waals surface area (Å²) in [6, 6.07) is 10.2.